The lowest BCUT2D eigenvalue weighted by atomic mass is 9.88. The van der Waals surface area contributed by atoms with Crippen LogP contribution >= 0.6 is 0 Å². The molecule has 3 atom stereocenters. The number of amides is 3. The molecule has 1 aromatic heterocycles. The van der Waals surface area contributed by atoms with E-state index in [4.69, 9.17) is 0 Å². The Morgan fingerprint density at radius 1 is 1.22 bits per heavy atom. The van der Waals surface area contributed by atoms with Gasteiger partial charge in [0.1, 0.15) is 6.04 Å². The number of para-hydroxylation sites is 1. The highest BCUT2D eigenvalue weighted by atomic mass is 16.5. The molecular weight excluding hydrogens is 464 g/mol. The molecule has 0 spiro atoms. The van der Waals surface area contributed by atoms with Gasteiger partial charge in [-0.05, 0) is 36.8 Å². The first kappa shape index (κ1) is 27.2. The summed E-state index contributed by atoms with van der Waals surface area (Å²) in [6.45, 7) is 4.95. The van der Waals surface area contributed by atoms with Crippen molar-refractivity contribution in [3.63, 3.8) is 0 Å². The lowest BCUT2D eigenvalue weighted by Gasteiger charge is -2.29. The normalized spacial score (nSPS) is 18.8. The van der Waals surface area contributed by atoms with Crippen molar-refractivity contribution in [3.05, 3.63) is 36.0 Å². The molecule has 4 N–H and O–H groups in total. The molecule has 1 aromatic carbocycles. The summed E-state index contributed by atoms with van der Waals surface area (Å²) < 4.78 is 2.18. The molecule has 0 aliphatic carbocycles. The van der Waals surface area contributed by atoms with Crippen LogP contribution in [-0.2, 0) is 32.1 Å². The number of carboxylic acids is 1. The molecule has 0 fully saturated rings. The highest BCUT2D eigenvalue weighted by molar-refractivity contribution is 5.93. The summed E-state index contributed by atoms with van der Waals surface area (Å²) >= 11 is 0. The molecule has 10 heteroatoms. The van der Waals surface area contributed by atoms with Crippen LogP contribution in [0.5, 0.6) is 0 Å². The topological polar surface area (TPSA) is 141 Å². The van der Waals surface area contributed by atoms with Gasteiger partial charge in [-0.15, -0.1) is 0 Å². The molecule has 1 aliphatic rings. The molecule has 36 heavy (non-hydrogen) atoms. The number of hydrogen-bond donors (Lipinski definition) is 4. The van der Waals surface area contributed by atoms with Crippen molar-refractivity contribution < 1.29 is 29.5 Å². The van der Waals surface area contributed by atoms with Gasteiger partial charge in [-0.25, -0.2) is 9.86 Å². The third-order valence-corrected chi connectivity index (χ3v) is 6.64. The van der Waals surface area contributed by atoms with Crippen LogP contribution in [0.3, 0.4) is 0 Å². The Labute approximate surface area is 210 Å². The van der Waals surface area contributed by atoms with E-state index in [9.17, 15) is 29.5 Å². The number of carboxylic acid groups (broad SMARTS) is 1. The molecule has 3 rings (SSSR count). The summed E-state index contributed by atoms with van der Waals surface area (Å²) in [4.78, 5) is 49.6. The van der Waals surface area contributed by atoms with E-state index < -0.39 is 29.9 Å². The van der Waals surface area contributed by atoms with Gasteiger partial charge in [0.05, 0.1) is 5.92 Å². The maximum Gasteiger partial charge on any atom is 0.329 e. The Balaban J connectivity index is 1.95. The van der Waals surface area contributed by atoms with Gasteiger partial charge in [-0.3, -0.25) is 19.6 Å². The van der Waals surface area contributed by atoms with Crippen molar-refractivity contribution >= 4 is 35.1 Å². The molecular formula is C26H36N4O6. The number of hydroxylamine groups is 2. The Morgan fingerprint density at radius 3 is 2.64 bits per heavy atom. The lowest BCUT2D eigenvalue weighted by Crippen LogP contribution is -2.55. The smallest absolute Gasteiger partial charge is 0.329 e. The number of carbonyl (C=O) groups excluding carboxylic acids is 3. The summed E-state index contributed by atoms with van der Waals surface area (Å²) in [5, 5.41) is 26.2. The molecule has 2 bridgehead atoms. The molecule has 1 aliphatic heterocycles. The number of fused-ring (bicyclic) bond motifs is 5. The zero-order chi connectivity index (χ0) is 26.2. The van der Waals surface area contributed by atoms with Gasteiger partial charge in [0.25, 0.3) is 0 Å². The predicted octanol–water partition coefficient (Wildman–Crippen LogP) is 2.32. The van der Waals surface area contributed by atoms with Gasteiger partial charge < -0.3 is 20.3 Å². The van der Waals surface area contributed by atoms with Crippen molar-refractivity contribution in [3.8, 4) is 0 Å². The van der Waals surface area contributed by atoms with E-state index in [2.05, 4.69) is 15.2 Å². The second kappa shape index (κ2) is 12.5. The van der Waals surface area contributed by atoms with Crippen molar-refractivity contribution in [1.82, 2.24) is 20.3 Å². The minimum atomic E-state index is -1.77. The Hall–Kier alpha value is -3.40. The van der Waals surface area contributed by atoms with Gasteiger partial charge in [0.2, 0.25) is 18.2 Å². The second-order valence-corrected chi connectivity index (χ2v) is 9.84. The van der Waals surface area contributed by atoms with Crippen LogP contribution in [-0.4, -0.2) is 62.8 Å². The van der Waals surface area contributed by atoms with Gasteiger partial charge in [-0.1, -0.05) is 44.9 Å². The number of aliphatic carboxylic acids is 1. The molecule has 196 valence electrons. The fourth-order valence-corrected chi connectivity index (χ4v) is 4.90. The molecule has 2 aromatic rings. The van der Waals surface area contributed by atoms with E-state index >= 15 is 0 Å². The standard InChI is InChI=1S/C26H36N4O6/c1-17(2)13-20(23(26(34)35)30(36)16-31)24(32)28-21-14-18-15-29(22-10-6-5-9-19(18)22)12-8-4-3-7-11-27-25(21)33/h5-6,9-10,15-17,20-21,23,36H,3-4,7-8,11-14H2,1-2H3,(H,27,33)(H,28,32)(H,34,35)/t20-,21+,23?/m1/s1. The lowest BCUT2D eigenvalue weighted by molar-refractivity contribution is -0.183. The van der Waals surface area contributed by atoms with Gasteiger partial charge in [0, 0.05) is 36.6 Å². The number of nitrogens with zero attached hydrogens (tertiary/aromatic N) is 2. The average Bonchev–Trinajstić information content (AvgIpc) is 3.19. The molecule has 0 saturated heterocycles. The number of benzene rings is 1. The zero-order valence-corrected chi connectivity index (χ0v) is 20.9. The number of aryl methyl sites for hydroxylation is 1. The minimum Gasteiger partial charge on any atom is -0.480 e. The first-order valence-corrected chi connectivity index (χ1v) is 12.5. The predicted molar refractivity (Wildman–Crippen MR) is 133 cm³/mol. The first-order valence-electron chi connectivity index (χ1n) is 12.5. The Morgan fingerprint density at radius 2 is 1.94 bits per heavy atom. The number of nitrogens with one attached hydrogen (secondary N) is 2. The molecule has 2 heterocycles. The van der Waals surface area contributed by atoms with E-state index in [1.807, 2.05) is 44.3 Å². The Bertz CT molecular complexity index is 1080. The van der Waals surface area contributed by atoms with Crippen LogP contribution in [0.15, 0.2) is 30.5 Å². The van der Waals surface area contributed by atoms with E-state index in [-0.39, 0.29) is 36.1 Å². The van der Waals surface area contributed by atoms with E-state index in [0.717, 1.165) is 48.7 Å². The quantitative estimate of drug-likeness (QED) is 0.249. The summed E-state index contributed by atoms with van der Waals surface area (Å²) in [6, 6.07) is 5.19. The third kappa shape index (κ3) is 6.63. The maximum absolute atomic E-state index is 13.4. The number of aromatic nitrogens is 1. The van der Waals surface area contributed by atoms with Crippen LogP contribution in [0.2, 0.25) is 0 Å². The summed E-state index contributed by atoms with van der Waals surface area (Å²) in [5.41, 5.74) is 1.96. The molecule has 0 saturated carbocycles. The van der Waals surface area contributed by atoms with Crippen LogP contribution < -0.4 is 10.6 Å². The van der Waals surface area contributed by atoms with Crippen molar-refractivity contribution in [2.45, 2.75) is 71.0 Å². The second-order valence-electron chi connectivity index (χ2n) is 9.84. The van der Waals surface area contributed by atoms with Gasteiger partial charge in [0.15, 0.2) is 6.04 Å². The Kier molecular flexibility index (Phi) is 9.46. The maximum atomic E-state index is 13.4. The minimum absolute atomic E-state index is 0.00710. The molecule has 10 nitrogen and oxygen atoms in total. The molecule has 3 amide bonds. The number of hydrogen-bond acceptors (Lipinski definition) is 5. The van der Waals surface area contributed by atoms with Crippen molar-refractivity contribution in [2.75, 3.05) is 6.54 Å². The fourth-order valence-electron chi connectivity index (χ4n) is 4.90. The molecule has 0 radical (unpaired) electrons. The van der Waals surface area contributed by atoms with E-state index in [0.29, 0.717) is 6.54 Å². The SMILES string of the molecule is CC(C)C[C@@H](C(=O)N[C@H]1Cc2cn(c3ccccc23)CCCCCCNC1=O)C(C(=O)O)N(O)C=O. The van der Waals surface area contributed by atoms with Crippen LogP contribution in [0.25, 0.3) is 10.9 Å². The number of carbonyl (C=O) groups is 4. The summed E-state index contributed by atoms with van der Waals surface area (Å²) in [5.74, 6) is -3.92. The van der Waals surface area contributed by atoms with Crippen LogP contribution in [0.4, 0.5) is 0 Å². The fraction of sp³-hybridized carbons (Fsp3) is 0.538. The van der Waals surface area contributed by atoms with Crippen LogP contribution in [0.1, 0.15) is 51.5 Å². The van der Waals surface area contributed by atoms with Crippen molar-refractivity contribution in [1.29, 1.82) is 0 Å². The number of rotatable bonds is 8. The zero-order valence-electron chi connectivity index (χ0n) is 20.9. The average molecular weight is 501 g/mol. The highest BCUT2D eigenvalue weighted by Crippen LogP contribution is 2.25. The molecule has 1 unspecified atom stereocenters. The summed E-state index contributed by atoms with van der Waals surface area (Å²) in [6.07, 6.45) is 6.16. The highest BCUT2D eigenvalue weighted by Gasteiger charge is 2.39. The summed E-state index contributed by atoms with van der Waals surface area (Å²) in [7, 11) is 0. The van der Waals surface area contributed by atoms with Crippen molar-refractivity contribution in [2.24, 2.45) is 11.8 Å². The third-order valence-electron chi connectivity index (χ3n) is 6.64. The first-order chi connectivity index (χ1) is 17.2. The van der Waals surface area contributed by atoms with Crippen LogP contribution in [0, 0.1) is 11.8 Å². The monoisotopic (exact) mass is 500 g/mol. The van der Waals surface area contributed by atoms with Gasteiger partial charge >= 0.3 is 5.97 Å². The van der Waals surface area contributed by atoms with Gasteiger partial charge in [-0.2, -0.15) is 0 Å². The largest absolute Gasteiger partial charge is 0.480 e. The van der Waals surface area contributed by atoms with E-state index in [1.165, 1.54) is 0 Å². The van der Waals surface area contributed by atoms with E-state index in [1.54, 1.807) is 0 Å².